The van der Waals surface area contributed by atoms with Crippen LogP contribution in [-0.4, -0.2) is 268 Å². The zero-order valence-corrected chi connectivity index (χ0v) is 31.4. The highest BCUT2D eigenvalue weighted by molar-refractivity contribution is 7.71. The Balaban J connectivity index is -0.000000173. The van der Waals surface area contributed by atoms with Crippen molar-refractivity contribution in [1.82, 2.24) is 19.6 Å². The van der Waals surface area contributed by atoms with Crippen molar-refractivity contribution in [3.63, 3.8) is 0 Å². The Hall–Kier alpha value is -0.380. The van der Waals surface area contributed by atoms with Gasteiger partial charge in [0.1, 0.15) is 0 Å². The third-order valence-corrected chi connectivity index (χ3v) is 9.87. The average Bonchev–Trinajstić information content (AvgIpc) is 3.03. The van der Waals surface area contributed by atoms with Crippen LogP contribution in [0.3, 0.4) is 0 Å². The Morgan fingerprint density at radius 2 is 0.431 bits per heavy atom. The van der Waals surface area contributed by atoms with E-state index < -0.39 is 20.3 Å². The second kappa shape index (κ2) is 40.8. The smallest absolute Gasteiger partial charge is 0.369 e. The summed E-state index contributed by atoms with van der Waals surface area (Å²) in [5.74, 6) is 0. The predicted molar refractivity (Wildman–Crippen MR) is 186 cm³/mol. The van der Waals surface area contributed by atoms with Gasteiger partial charge in [-0.15, -0.1) is 0 Å². The minimum atomic E-state index is -5.20. The Bertz CT molecular complexity index is 634. The van der Waals surface area contributed by atoms with Gasteiger partial charge in [-0.05, 0) is 6.92 Å². The topological polar surface area (TPSA) is 391 Å². The highest BCUT2D eigenvalue weighted by Gasteiger charge is 2.55. The maximum atomic E-state index is 10.3. The lowest BCUT2D eigenvalue weighted by Gasteiger charge is -2.24. The van der Waals surface area contributed by atoms with Crippen molar-refractivity contribution >= 4 is 15.2 Å². The normalized spacial score (nSPS) is 11.7. The largest absolute Gasteiger partial charge is 0.395 e. The molecule has 0 aliphatic carbocycles. The number of hydrogen-bond donors (Lipinski definition) is 17. The molecular formula is C26H68N4O19P2. The van der Waals surface area contributed by atoms with E-state index in [4.69, 9.17) is 86.0 Å². The molecule has 0 saturated carbocycles. The van der Waals surface area contributed by atoms with Gasteiger partial charge in [0, 0.05) is 78.5 Å². The van der Waals surface area contributed by atoms with Gasteiger partial charge in [-0.1, -0.05) is 0 Å². The molecule has 0 bridgehead atoms. The number of aliphatic hydroxyl groups is 13. The lowest BCUT2D eigenvalue weighted by atomic mass is 10.4. The molecule has 0 radical (unpaired) electrons. The summed E-state index contributed by atoms with van der Waals surface area (Å²) in [6.07, 6.45) is 0. The summed E-state index contributed by atoms with van der Waals surface area (Å²) in [6.45, 7) is 7.40. The third kappa shape index (κ3) is 39.1. The second-order valence-electron chi connectivity index (χ2n) is 10.1. The van der Waals surface area contributed by atoms with Crippen molar-refractivity contribution in [1.29, 1.82) is 0 Å². The van der Waals surface area contributed by atoms with Crippen molar-refractivity contribution in [3.8, 4) is 0 Å². The number of nitrogens with zero attached hydrogens (tertiary/aromatic N) is 4. The van der Waals surface area contributed by atoms with E-state index in [1.807, 2.05) is 0 Å². The molecule has 0 aromatic carbocycles. The molecular weight excluding hydrogens is 734 g/mol. The Morgan fingerprint density at radius 3 is 0.471 bits per heavy atom. The molecule has 25 heteroatoms. The summed E-state index contributed by atoms with van der Waals surface area (Å²) < 4.78 is 20.5. The summed E-state index contributed by atoms with van der Waals surface area (Å²) in [7, 11) is -10.4. The quantitative estimate of drug-likeness (QED) is 0.0361. The van der Waals surface area contributed by atoms with E-state index in [2.05, 4.69) is 0 Å². The third-order valence-electron chi connectivity index (χ3n) is 6.10. The molecule has 0 unspecified atom stereocenters. The second-order valence-corrected chi connectivity index (χ2v) is 14.4. The van der Waals surface area contributed by atoms with Crippen molar-refractivity contribution in [3.05, 3.63) is 0 Å². The van der Waals surface area contributed by atoms with E-state index >= 15 is 0 Å². The fraction of sp³-hybridized carbons (Fsp3) is 1.00. The van der Waals surface area contributed by atoms with Crippen LogP contribution < -0.4 is 0 Å². The first-order chi connectivity index (χ1) is 23.9. The van der Waals surface area contributed by atoms with Gasteiger partial charge in [0.15, 0.2) is 0 Å². The van der Waals surface area contributed by atoms with Gasteiger partial charge in [-0.3, -0.25) is 28.7 Å². The number of rotatable bonds is 26. The minimum Gasteiger partial charge on any atom is -0.395 e. The molecule has 0 heterocycles. The minimum absolute atomic E-state index is 0.0694. The lowest BCUT2D eigenvalue weighted by molar-refractivity contribution is 0.136. The molecule has 0 saturated heterocycles. The molecule has 0 atom stereocenters. The zero-order chi connectivity index (χ0) is 40.8. The van der Waals surface area contributed by atoms with Crippen molar-refractivity contribution < 1.29 is 95.1 Å². The molecule has 0 aromatic heterocycles. The summed E-state index contributed by atoms with van der Waals surface area (Å²) in [5, 5.41) is 107. The molecule has 0 aliphatic rings. The van der Waals surface area contributed by atoms with Crippen LogP contribution in [0.1, 0.15) is 6.92 Å². The maximum absolute atomic E-state index is 10.3. The summed E-state index contributed by atoms with van der Waals surface area (Å²) >= 11 is 0. The van der Waals surface area contributed by atoms with Crippen LogP contribution in [-0.2, 0) is 9.13 Å². The molecule has 0 aliphatic heterocycles. The van der Waals surface area contributed by atoms with Crippen molar-refractivity contribution in [2.24, 2.45) is 0 Å². The van der Waals surface area contributed by atoms with E-state index in [9.17, 15) is 9.13 Å². The summed E-state index contributed by atoms with van der Waals surface area (Å²) in [4.78, 5) is 40.2. The fourth-order valence-corrected chi connectivity index (χ4v) is 4.57. The van der Waals surface area contributed by atoms with Gasteiger partial charge in [-0.25, -0.2) is 0 Å². The summed E-state index contributed by atoms with van der Waals surface area (Å²) in [6, 6.07) is 0. The number of hydrogen-bond acceptors (Lipinski definition) is 19. The molecule has 0 rings (SSSR count). The van der Waals surface area contributed by atoms with E-state index in [1.165, 1.54) is 0 Å². The molecule has 316 valence electrons. The molecule has 0 aromatic rings. The van der Waals surface area contributed by atoms with E-state index in [1.54, 1.807) is 19.6 Å². The van der Waals surface area contributed by atoms with E-state index in [0.29, 0.717) is 85.5 Å². The Labute approximate surface area is 299 Å². The standard InChI is InChI=1S/4C6H15NO3.C2H8O7P2/c4*8-4-1-7(2-5-9)3-6-10;1-2(3,10(4,5)6)11(7,8)9/h4*8-10H,1-6H2;3H,1H3,(H2,4,5,6)(H2,7,8,9). The first-order valence-corrected chi connectivity index (χ1v) is 19.2. The van der Waals surface area contributed by atoms with Crippen LogP contribution in [0, 0.1) is 0 Å². The molecule has 51 heavy (non-hydrogen) atoms. The van der Waals surface area contributed by atoms with E-state index in [-0.39, 0.29) is 79.3 Å². The zero-order valence-electron chi connectivity index (χ0n) is 29.6. The van der Waals surface area contributed by atoms with Gasteiger partial charge in [0.2, 0.25) is 0 Å². The van der Waals surface area contributed by atoms with Crippen LogP contribution in [0.25, 0.3) is 0 Å². The van der Waals surface area contributed by atoms with Crippen LogP contribution in [0.5, 0.6) is 0 Å². The summed E-state index contributed by atoms with van der Waals surface area (Å²) in [5.41, 5.74) is 0. The van der Waals surface area contributed by atoms with Crippen molar-refractivity contribution in [2.75, 3.05) is 158 Å². The monoisotopic (exact) mass is 802 g/mol. The molecule has 0 fully saturated rings. The number of aliphatic hydroxyl groups excluding tert-OH is 12. The van der Waals surface area contributed by atoms with E-state index in [0.717, 1.165) is 0 Å². The Kier molecular flexibility index (Phi) is 47.9. The highest BCUT2D eigenvalue weighted by Crippen LogP contribution is 2.66. The predicted octanol–water partition coefficient (Wildman–Crippen LogP) is -7.93. The molecule has 23 nitrogen and oxygen atoms in total. The van der Waals surface area contributed by atoms with Gasteiger partial charge < -0.3 is 86.0 Å². The fourth-order valence-electron chi connectivity index (χ4n) is 3.21. The van der Waals surface area contributed by atoms with Gasteiger partial charge >= 0.3 is 15.2 Å². The van der Waals surface area contributed by atoms with Crippen LogP contribution in [0.2, 0.25) is 0 Å². The van der Waals surface area contributed by atoms with Gasteiger partial charge in [0.05, 0.1) is 79.3 Å². The highest BCUT2D eigenvalue weighted by atomic mass is 31.2. The molecule has 17 N–H and O–H groups in total. The van der Waals surface area contributed by atoms with Gasteiger partial charge in [-0.2, -0.15) is 0 Å². The van der Waals surface area contributed by atoms with Crippen LogP contribution >= 0.6 is 15.2 Å². The van der Waals surface area contributed by atoms with Crippen LogP contribution in [0.15, 0.2) is 0 Å². The van der Waals surface area contributed by atoms with Crippen molar-refractivity contribution in [2.45, 2.75) is 12.0 Å². The lowest BCUT2D eigenvalue weighted by Crippen LogP contribution is -2.32. The first kappa shape index (κ1) is 59.9. The van der Waals surface area contributed by atoms with Crippen LogP contribution in [0.4, 0.5) is 0 Å². The molecule has 0 spiro atoms. The Morgan fingerprint density at radius 1 is 0.333 bits per heavy atom. The first-order valence-electron chi connectivity index (χ1n) is 15.9. The maximum Gasteiger partial charge on any atom is 0.369 e. The van der Waals surface area contributed by atoms with Gasteiger partial charge in [0.25, 0.3) is 5.08 Å². The average molecular weight is 803 g/mol. The molecule has 0 amide bonds. The SMILES string of the molecule is CC(O)(P(=O)(O)O)P(=O)(O)O.OCCN(CCO)CCO.OCCN(CCO)CCO.OCCN(CCO)CCO.OCCN(CCO)CCO.